The molecule has 2 amide bonds. The van der Waals surface area contributed by atoms with Crippen LogP contribution in [-0.2, 0) is 19.1 Å². The fourth-order valence-corrected chi connectivity index (χ4v) is 3.57. The Hall–Kier alpha value is -2.08. The average molecular weight is 365 g/mol. The number of benzene rings is 1. The SMILES string of the molecule is O=C(COC(=O)[C@H]1CC(=O)N(C2CCCC2)C1)Nc1ccc(Cl)cc1. The van der Waals surface area contributed by atoms with Gasteiger partial charge in [0.25, 0.3) is 5.91 Å². The zero-order valence-electron chi connectivity index (χ0n) is 13.9. The molecular formula is C18H21ClN2O4. The van der Waals surface area contributed by atoms with Crippen molar-refractivity contribution < 1.29 is 19.1 Å². The van der Waals surface area contributed by atoms with Gasteiger partial charge in [-0.1, -0.05) is 24.4 Å². The Morgan fingerprint density at radius 1 is 1.20 bits per heavy atom. The summed E-state index contributed by atoms with van der Waals surface area (Å²) in [4.78, 5) is 37.9. The van der Waals surface area contributed by atoms with Gasteiger partial charge >= 0.3 is 5.97 Å². The van der Waals surface area contributed by atoms with Gasteiger partial charge in [0.15, 0.2) is 6.61 Å². The van der Waals surface area contributed by atoms with Crippen LogP contribution in [0, 0.1) is 5.92 Å². The van der Waals surface area contributed by atoms with Crippen molar-refractivity contribution in [1.82, 2.24) is 4.90 Å². The van der Waals surface area contributed by atoms with Crippen molar-refractivity contribution in [2.45, 2.75) is 38.1 Å². The van der Waals surface area contributed by atoms with Crippen LogP contribution in [0.5, 0.6) is 0 Å². The molecule has 0 bridgehead atoms. The van der Waals surface area contributed by atoms with Gasteiger partial charge in [-0.3, -0.25) is 14.4 Å². The standard InChI is InChI=1S/C18H21ClN2O4/c19-13-5-7-14(8-6-13)20-16(22)11-25-18(24)12-9-17(23)21(10-12)15-3-1-2-4-15/h5-8,12,15H,1-4,9-11H2,(H,20,22)/t12-/m0/s1. The van der Waals surface area contributed by atoms with Gasteiger partial charge in [-0.15, -0.1) is 0 Å². The molecule has 1 aliphatic heterocycles. The van der Waals surface area contributed by atoms with Crippen LogP contribution in [0.2, 0.25) is 5.02 Å². The maximum atomic E-state index is 12.2. The topological polar surface area (TPSA) is 75.7 Å². The minimum absolute atomic E-state index is 0.0134. The largest absolute Gasteiger partial charge is 0.455 e. The number of rotatable bonds is 5. The molecule has 1 saturated carbocycles. The van der Waals surface area contributed by atoms with Crippen LogP contribution >= 0.6 is 11.6 Å². The second-order valence-electron chi connectivity index (χ2n) is 6.55. The Kier molecular flexibility index (Phi) is 5.58. The monoisotopic (exact) mass is 364 g/mol. The van der Waals surface area contributed by atoms with Gasteiger partial charge in [-0.05, 0) is 37.1 Å². The van der Waals surface area contributed by atoms with Gasteiger partial charge in [-0.2, -0.15) is 0 Å². The molecule has 1 aliphatic carbocycles. The summed E-state index contributed by atoms with van der Waals surface area (Å²) >= 11 is 5.78. The third-order valence-corrected chi connectivity index (χ3v) is 4.98. The maximum Gasteiger partial charge on any atom is 0.311 e. The van der Waals surface area contributed by atoms with E-state index in [1.165, 1.54) is 0 Å². The zero-order valence-corrected chi connectivity index (χ0v) is 14.6. The molecule has 0 unspecified atom stereocenters. The number of nitrogens with zero attached hydrogens (tertiary/aromatic N) is 1. The highest BCUT2D eigenvalue weighted by Gasteiger charge is 2.39. The van der Waals surface area contributed by atoms with E-state index in [0.29, 0.717) is 17.3 Å². The summed E-state index contributed by atoms with van der Waals surface area (Å²) < 4.78 is 5.09. The van der Waals surface area contributed by atoms with E-state index in [-0.39, 0.29) is 25.0 Å². The molecule has 0 radical (unpaired) electrons. The van der Waals surface area contributed by atoms with Crippen LogP contribution in [-0.4, -0.2) is 41.9 Å². The minimum atomic E-state index is -0.486. The molecular weight excluding hydrogens is 344 g/mol. The molecule has 2 fully saturated rings. The van der Waals surface area contributed by atoms with Crippen LogP contribution in [0.15, 0.2) is 24.3 Å². The van der Waals surface area contributed by atoms with Crippen LogP contribution in [0.3, 0.4) is 0 Å². The van der Waals surface area contributed by atoms with Crippen molar-refractivity contribution in [2.24, 2.45) is 5.92 Å². The first kappa shape index (κ1) is 17.7. The Morgan fingerprint density at radius 2 is 1.88 bits per heavy atom. The number of amides is 2. The fourth-order valence-electron chi connectivity index (χ4n) is 3.44. The summed E-state index contributed by atoms with van der Waals surface area (Å²) in [7, 11) is 0. The van der Waals surface area contributed by atoms with E-state index in [2.05, 4.69) is 5.32 Å². The second kappa shape index (κ2) is 7.87. The normalized spacial score (nSPS) is 20.8. The number of esters is 1. The van der Waals surface area contributed by atoms with E-state index in [4.69, 9.17) is 16.3 Å². The second-order valence-corrected chi connectivity index (χ2v) is 6.98. The molecule has 1 atom stereocenters. The summed E-state index contributed by atoms with van der Waals surface area (Å²) in [5.74, 6) is -1.37. The Labute approximate surface area is 151 Å². The third-order valence-electron chi connectivity index (χ3n) is 4.73. The van der Waals surface area contributed by atoms with Gasteiger partial charge in [-0.25, -0.2) is 0 Å². The third kappa shape index (κ3) is 4.51. The van der Waals surface area contributed by atoms with Crippen molar-refractivity contribution in [3.63, 3.8) is 0 Å². The molecule has 1 aromatic carbocycles. The Bertz CT molecular complexity index is 656. The van der Waals surface area contributed by atoms with Crippen LogP contribution < -0.4 is 5.32 Å². The quantitative estimate of drug-likeness (QED) is 0.815. The van der Waals surface area contributed by atoms with Gasteiger partial charge < -0.3 is 15.0 Å². The maximum absolute atomic E-state index is 12.2. The van der Waals surface area contributed by atoms with Gasteiger partial charge in [0, 0.05) is 29.7 Å². The first-order chi connectivity index (χ1) is 12.0. The highest BCUT2D eigenvalue weighted by Crippen LogP contribution is 2.29. The smallest absolute Gasteiger partial charge is 0.311 e. The van der Waals surface area contributed by atoms with E-state index in [1.807, 2.05) is 4.90 Å². The van der Waals surface area contributed by atoms with Gasteiger partial charge in [0.2, 0.25) is 5.91 Å². The summed E-state index contributed by atoms with van der Waals surface area (Å²) in [5.41, 5.74) is 0.578. The van der Waals surface area contributed by atoms with Gasteiger partial charge in [0.05, 0.1) is 5.92 Å². The molecule has 0 spiro atoms. The minimum Gasteiger partial charge on any atom is -0.455 e. The van der Waals surface area contributed by atoms with E-state index in [0.717, 1.165) is 25.7 Å². The Morgan fingerprint density at radius 3 is 2.56 bits per heavy atom. The molecule has 0 aromatic heterocycles. The number of carbonyl (C=O) groups is 3. The lowest BCUT2D eigenvalue weighted by atomic mass is 10.1. The molecule has 134 valence electrons. The van der Waals surface area contributed by atoms with E-state index in [1.54, 1.807) is 24.3 Å². The number of hydrogen-bond donors (Lipinski definition) is 1. The Balaban J connectivity index is 1.45. The first-order valence-corrected chi connectivity index (χ1v) is 8.92. The van der Waals surface area contributed by atoms with Crippen LogP contribution in [0.1, 0.15) is 32.1 Å². The zero-order chi connectivity index (χ0) is 17.8. The molecule has 1 saturated heterocycles. The van der Waals surface area contributed by atoms with Gasteiger partial charge in [0.1, 0.15) is 0 Å². The average Bonchev–Trinajstić information content (AvgIpc) is 3.24. The number of nitrogens with one attached hydrogen (secondary N) is 1. The molecule has 1 aromatic rings. The van der Waals surface area contributed by atoms with E-state index in [9.17, 15) is 14.4 Å². The van der Waals surface area contributed by atoms with Crippen molar-refractivity contribution in [1.29, 1.82) is 0 Å². The lowest BCUT2D eigenvalue weighted by Crippen LogP contribution is -2.35. The summed E-state index contributed by atoms with van der Waals surface area (Å²) in [5, 5.41) is 3.20. The predicted octanol–water partition coefficient (Wildman–Crippen LogP) is 2.61. The summed E-state index contributed by atoms with van der Waals surface area (Å²) in [6, 6.07) is 6.91. The van der Waals surface area contributed by atoms with Crippen molar-refractivity contribution in [2.75, 3.05) is 18.5 Å². The number of likely N-dealkylation sites (tertiary alicyclic amines) is 1. The number of carbonyl (C=O) groups excluding carboxylic acids is 3. The number of ether oxygens (including phenoxy) is 1. The van der Waals surface area contributed by atoms with E-state index < -0.39 is 17.8 Å². The number of hydrogen-bond acceptors (Lipinski definition) is 4. The van der Waals surface area contributed by atoms with E-state index >= 15 is 0 Å². The van der Waals surface area contributed by atoms with Crippen molar-refractivity contribution >= 4 is 35.1 Å². The molecule has 6 nitrogen and oxygen atoms in total. The van der Waals surface area contributed by atoms with Crippen molar-refractivity contribution in [3.8, 4) is 0 Å². The lowest BCUT2D eigenvalue weighted by Gasteiger charge is -2.23. The number of halogens is 1. The molecule has 1 N–H and O–H groups in total. The lowest BCUT2D eigenvalue weighted by molar-refractivity contribution is -0.151. The highest BCUT2D eigenvalue weighted by atomic mass is 35.5. The first-order valence-electron chi connectivity index (χ1n) is 8.54. The van der Waals surface area contributed by atoms with Crippen molar-refractivity contribution in [3.05, 3.63) is 29.3 Å². The predicted molar refractivity (Wildman–Crippen MR) is 93.1 cm³/mol. The molecule has 2 aliphatic rings. The molecule has 7 heteroatoms. The highest BCUT2D eigenvalue weighted by molar-refractivity contribution is 6.30. The molecule has 1 heterocycles. The molecule has 3 rings (SSSR count). The van der Waals surface area contributed by atoms with Crippen LogP contribution in [0.4, 0.5) is 5.69 Å². The summed E-state index contributed by atoms with van der Waals surface area (Å²) in [6.07, 6.45) is 4.46. The van der Waals surface area contributed by atoms with Crippen LogP contribution in [0.25, 0.3) is 0 Å². The fraction of sp³-hybridized carbons (Fsp3) is 0.500. The summed E-state index contributed by atoms with van der Waals surface area (Å²) in [6.45, 7) is 0.0384. The molecule has 25 heavy (non-hydrogen) atoms. The number of anilines is 1.